The molecule has 0 radical (unpaired) electrons. The van der Waals surface area contributed by atoms with Gasteiger partial charge in [-0.2, -0.15) is 13.2 Å². The third kappa shape index (κ3) is 4.14. The van der Waals surface area contributed by atoms with Crippen LogP contribution in [0.15, 0.2) is 30.6 Å². The van der Waals surface area contributed by atoms with E-state index in [0.717, 1.165) is 6.07 Å². The smallest absolute Gasteiger partial charge is 0.417 e. The molecule has 3 rings (SSSR count). The molecule has 2 aromatic rings. The minimum Gasteiger partial charge on any atom is -0.456 e. The third-order valence-corrected chi connectivity index (χ3v) is 4.80. The summed E-state index contributed by atoms with van der Waals surface area (Å²) in [5.74, 6) is -0.906. The van der Waals surface area contributed by atoms with Crippen LogP contribution < -0.4 is 4.90 Å². The normalized spacial score (nSPS) is 17.0. The summed E-state index contributed by atoms with van der Waals surface area (Å²) in [6, 6.07) is 3.34. The highest BCUT2D eigenvalue weighted by atomic mass is 35.5. The summed E-state index contributed by atoms with van der Waals surface area (Å²) in [5, 5.41) is -0.200. The van der Waals surface area contributed by atoms with Crippen LogP contribution in [0.1, 0.15) is 28.9 Å². The fourth-order valence-corrected chi connectivity index (χ4v) is 3.39. The molecule has 0 amide bonds. The molecule has 0 bridgehead atoms. The quantitative estimate of drug-likeness (QED) is 0.552. The maximum Gasteiger partial charge on any atom is 0.417 e. The molecule has 1 atom stereocenters. The van der Waals surface area contributed by atoms with Crippen molar-refractivity contribution < 1.29 is 27.5 Å². The number of esters is 1. The lowest BCUT2D eigenvalue weighted by molar-refractivity contribution is -0.144. The first-order valence-corrected chi connectivity index (χ1v) is 8.87. The Morgan fingerprint density at radius 2 is 2.14 bits per heavy atom. The van der Waals surface area contributed by atoms with Gasteiger partial charge in [0.2, 0.25) is 5.78 Å². The Morgan fingerprint density at radius 3 is 2.75 bits per heavy atom. The van der Waals surface area contributed by atoms with E-state index in [-0.39, 0.29) is 16.6 Å². The first-order valence-electron chi connectivity index (χ1n) is 8.49. The highest BCUT2D eigenvalue weighted by molar-refractivity contribution is 6.33. The summed E-state index contributed by atoms with van der Waals surface area (Å²) in [6.07, 6.45) is -1.14. The number of hydrogen-bond acceptors (Lipinski definition) is 5. The molecule has 1 aliphatic rings. The second-order valence-corrected chi connectivity index (χ2v) is 6.82. The van der Waals surface area contributed by atoms with Crippen molar-refractivity contribution in [1.82, 2.24) is 9.55 Å². The number of ether oxygens (including phenoxy) is 1. The van der Waals surface area contributed by atoms with Gasteiger partial charge in [0.25, 0.3) is 0 Å². The van der Waals surface area contributed by atoms with E-state index in [2.05, 4.69) is 4.98 Å². The summed E-state index contributed by atoms with van der Waals surface area (Å²) in [5.41, 5.74) is -0.559. The number of nitrogens with zero attached hydrogens (tertiary/aromatic N) is 3. The molecule has 1 fully saturated rings. The lowest BCUT2D eigenvalue weighted by atomic mass is 10.2. The van der Waals surface area contributed by atoms with Gasteiger partial charge in [0.1, 0.15) is 11.9 Å². The predicted octanol–water partition coefficient (Wildman–Crippen LogP) is 3.49. The first kappa shape index (κ1) is 20.2. The van der Waals surface area contributed by atoms with Crippen LogP contribution in [0.2, 0.25) is 5.02 Å². The van der Waals surface area contributed by atoms with Crippen LogP contribution in [0.5, 0.6) is 0 Å². The predicted molar refractivity (Wildman–Crippen MR) is 95.3 cm³/mol. The Labute approximate surface area is 163 Å². The van der Waals surface area contributed by atoms with Crippen molar-refractivity contribution in [1.29, 1.82) is 0 Å². The largest absolute Gasteiger partial charge is 0.456 e. The van der Waals surface area contributed by atoms with Gasteiger partial charge in [-0.1, -0.05) is 11.6 Å². The molecule has 28 heavy (non-hydrogen) atoms. The number of hydrogen-bond donors (Lipinski definition) is 0. The zero-order valence-corrected chi connectivity index (χ0v) is 15.6. The van der Waals surface area contributed by atoms with E-state index >= 15 is 0 Å². The van der Waals surface area contributed by atoms with E-state index in [9.17, 15) is 22.8 Å². The maximum atomic E-state index is 12.8. The van der Waals surface area contributed by atoms with Crippen LogP contribution >= 0.6 is 11.6 Å². The highest BCUT2D eigenvalue weighted by Crippen LogP contribution is 2.35. The molecule has 0 saturated carbocycles. The van der Waals surface area contributed by atoms with Crippen LogP contribution in [-0.2, 0) is 22.8 Å². The number of pyridine rings is 1. The molecule has 10 heteroatoms. The number of rotatable bonds is 5. The molecule has 2 aromatic heterocycles. The van der Waals surface area contributed by atoms with Crippen molar-refractivity contribution in [2.75, 3.05) is 18.1 Å². The van der Waals surface area contributed by atoms with E-state index in [1.165, 1.54) is 4.90 Å². The second-order valence-electron chi connectivity index (χ2n) is 6.41. The molecule has 0 aromatic carbocycles. The first-order chi connectivity index (χ1) is 13.2. The molecule has 3 heterocycles. The summed E-state index contributed by atoms with van der Waals surface area (Å²) in [7, 11) is 1.70. The number of carbonyl (C=O) groups is 2. The number of anilines is 1. The van der Waals surface area contributed by atoms with E-state index in [1.807, 2.05) is 0 Å². The topological polar surface area (TPSA) is 64.4 Å². The van der Waals surface area contributed by atoms with Gasteiger partial charge in [0, 0.05) is 26.0 Å². The number of carbonyl (C=O) groups excluding carboxylic acids is 2. The van der Waals surface area contributed by atoms with Crippen molar-refractivity contribution in [3.05, 3.63) is 46.9 Å². The van der Waals surface area contributed by atoms with Crippen LogP contribution in [0.3, 0.4) is 0 Å². The Bertz CT molecular complexity index is 898. The van der Waals surface area contributed by atoms with Gasteiger partial charge in [-0.3, -0.25) is 4.79 Å². The van der Waals surface area contributed by atoms with Crippen LogP contribution in [0.4, 0.5) is 19.0 Å². The summed E-state index contributed by atoms with van der Waals surface area (Å²) in [4.78, 5) is 29.9. The molecule has 0 unspecified atom stereocenters. The number of aryl methyl sites for hydroxylation is 1. The average Bonchev–Trinajstić information content (AvgIpc) is 3.27. The Balaban J connectivity index is 1.70. The summed E-state index contributed by atoms with van der Waals surface area (Å²) >= 11 is 5.98. The minimum absolute atomic E-state index is 0.0860. The van der Waals surface area contributed by atoms with Gasteiger partial charge in [0.15, 0.2) is 6.61 Å². The highest BCUT2D eigenvalue weighted by Gasteiger charge is 2.36. The SMILES string of the molecule is Cn1cccc1C(=O)COC(=O)[C@@H]1CCCN1c1ncc(C(F)(F)F)cc1Cl. The number of halogens is 4. The van der Waals surface area contributed by atoms with E-state index in [0.29, 0.717) is 31.3 Å². The standard InChI is InChI=1S/C18H17ClF3N3O3/c1-24-6-2-4-13(24)15(26)10-28-17(27)14-5-3-7-25(14)16-12(19)8-11(9-23-16)18(20,21)22/h2,4,6,8-9,14H,3,5,7,10H2,1H3/t14-/m0/s1. The lowest BCUT2D eigenvalue weighted by Gasteiger charge is -2.25. The van der Waals surface area contributed by atoms with Crippen LogP contribution in [0.25, 0.3) is 0 Å². The third-order valence-electron chi connectivity index (χ3n) is 4.52. The molecule has 0 aliphatic carbocycles. The molecule has 0 spiro atoms. The van der Waals surface area contributed by atoms with Gasteiger partial charge in [-0.05, 0) is 31.0 Å². The van der Waals surface area contributed by atoms with Crippen molar-refractivity contribution in [2.24, 2.45) is 7.05 Å². The van der Waals surface area contributed by atoms with Crippen molar-refractivity contribution in [3.63, 3.8) is 0 Å². The van der Waals surface area contributed by atoms with Crippen molar-refractivity contribution in [3.8, 4) is 0 Å². The van der Waals surface area contributed by atoms with Gasteiger partial charge < -0.3 is 14.2 Å². The monoisotopic (exact) mass is 415 g/mol. The average molecular weight is 416 g/mol. The fourth-order valence-electron chi connectivity index (χ4n) is 3.12. The number of ketones is 1. The van der Waals surface area contributed by atoms with Gasteiger partial charge in [-0.25, -0.2) is 9.78 Å². The molecule has 1 aliphatic heterocycles. The van der Waals surface area contributed by atoms with E-state index in [4.69, 9.17) is 16.3 Å². The minimum atomic E-state index is -4.56. The van der Waals surface area contributed by atoms with Crippen LogP contribution in [-0.4, -0.2) is 40.5 Å². The zero-order chi connectivity index (χ0) is 20.5. The van der Waals surface area contributed by atoms with Gasteiger partial charge in [-0.15, -0.1) is 0 Å². The van der Waals surface area contributed by atoms with Gasteiger partial charge in [0.05, 0.1) is 16.3 Å². The Hall–Kier alpha value is -2.55. The fraction of sp³-hybridized carbons (Fsp3) is 0.389. The van der Waals surface area contributed by atoms with Crippen LogP contribution in [0, 0.1) is 0 Å². The lowest BCUT2D eigenvalue weighted by Crippen LogP contribution is -2.38. The van der Waals surface area contributed by atoms with Gasteiger partial charge >= 0.3 is 12.1 Å². The summed E-state index contributed by atoms with van der Waals surface area (Å²) < 4.78 is 45.1. The van der Waals surface area contributed by atoms with Crippen molar-refractivity contribution >= 4 is 29.2 Å². The maximum absolute atomic E-state index is 12.8. The number of Topliss-reactive ketones (excluding diaryl/α,β-unsaturated/α-hetero) is 1. The van der Waals surface area contributed by atoms with Crippen molar-refractivity contribution in [2.45, 2.75) is 25.1 Å². The Morgan fingerprint density at radius 1 is 1.39 bits per heavy atom. The number of alkyl halides is 3. The molecular formula is C18H17ClF3N3O3. The summed E-state index contributed by atoms with van der Waals surface area (Å²) in [6.45, 7) is -0.0290. The van der Waals surface area contributed by atoms with E-state index in [1.54, 1.807) is 29.9 Å². The Kier molecular flexibility index (Phi) is 5.64. The molecule has 0 N–H and O–H groups in total. The molecule has 6 nitrogen and oxygen atoms in total. The molecule has 1 saturated heterocycles. The number of aromatic nitrogens is 2. The second kappa shape index (κ2) is 7.83. The molecular weight excluding hydrogens is 399 g/mol. The van der Waals surface area contributed by atoms with E-state index < -0.39 is 30.4 Å². The zero-order valence-electron chi connectivity index (χ0n) is 14.9. The molecule has 150 valence electrons.